The van der Waals surface area contributed by atoms with Gasteiger partial charge in [-0.15, -0.1) is 10.2 Å². The molecule has 1 aromatic heterocycles. The zero-order valence-corrected chi connectivity index (χ0v) is 20.0. The van der Waals surface area contributed by atoms with Crippen molar-refractivity contribution in [3.05, 3.63) is 107 Å². The highest BCUT2D eigenvalue weighted by Crippen LogP contribution is 2.24. The number of hydrogen-bond acceptors (Lipinski definition) is 6. The van der Waals surface area contributed by atoms with Gasteiger partial charge in [0.2, 0.25) is 5.91 Å². The summed E-state index contributed by atoms with van der Waals surface area (Å²) >= 11 is 7.32. The van der Waals surface area contributed by atoms with Crippen LogP contribution in [0.4, 0.5) is 0 Å². The number of para-hydroxylation sites is 1. The number of carbonyl (C=O) groups excluding carboxylic acids is 1. The number of ether oxygens (including phenoxy) is 1. The molecule has 0 aliphatic heterocycles. The maximum atomic E-state index is 13.1. The van der Waals surface area contributed by atoms with Gasteiger partial charge in [0, 0.05) is 13.1 Å². The van der Waals surface area contributed by atoms with Crippen molar-refractivity contribution < 1.29 is 13.9 Å². The van der Waals surface area contributed by atoms with Crippen LogP contribution in [0.25, 0.3) is 0 Å². The third-order valence-corrected chi connectivity index (χ3v) is 6.15. The summed E-state index contributed by atoms with van der Waals surface area (Å²) < 4.78 is 11.3. The summed E-state index contributed by atoms with van der Waals surface area (Å²) in [6, 6.07) is 27.3. The summed E-state index contributed by atoms with van der Waals surface area (Å²) in [5.41, 5.74) is 2.28. The molecule has 0 aliphatic rings. The number of carbonyl (C=O) groups is 1. The third kappa shape index (κ3) is 7.10. The molecule has 4 rings (SSSR count). The average Bonchev–Trinajstić information content (AvgIpc) is 3.33. The predicted molar refractivity (Wildman–Crippen MR) is 133 cm³/mol. The minimum atomic E-state index is 0.0110. The first-order valence-corrected chi connectivity index (χ1v) is 12.2. The average molecular weight is 494 g/mol. The Bertz CT molecular complexity index is 1190. The lowest BCUT2D eigenvalue weighted by molar-refractivity contribution is -0.128. The number of aromatic nitrogens is 2. The molecular weight excluding hydrogens is 470 g/mol. The first kappa shape index (κ1) is 23.9. The van der Waals surface area contributed by atoms with Gasteiger partial charge in [-0.1, -0.05) is 96.2 Å². The molecule has 6 nitrogen and oxygen atoms in total. The molecule has 34 heavy (non-hydrogen) atoms. The van der Waals surface area contributed by atoms with Crippen LogP contribution in [-0.2, 0) is 24.4 Å². The maximum Gasteiger partial charge on any atom is 0.277 e. The van der Waals surface area contributed by atoms with Gasteiger partial charge in [-0.25, -0.2) is 0 Å². The van der Waals surface area contributed by atoms with E-state index in [4.69, 9.17) is 20.8 Å². The van der Waals surface area contributed by atoms with Gasteiger partial charge in [0.15, 0.2) is 6.61 Å². The van der Waals surface area contributed by atoms with E-state index >= 15 is 0 Å². The Morgan fingerprint density at radius 2 is 1.59 bits per heavy atom. The van der Waals surface area contributed by atoms with Crippen LogP contribution in [0.5, 0.6) is 5.75 Å². The van der Waals surface area contributed by atoms with Crippen molar-refractivity contribution in [3.63, 3.8) is 0 Å². The lowest BCUT2D eigenvalue weighted by atomic mass is 10.1. The van der Waals surface area contributed by atoms with Crippen molar-refractivity contribution in [2.45, 2.75) is 24.8 Å². The Morgan fingerprint density at radius 1 is 0.912 bits per heavy atom. The zero-order valence-electron chi connectivity index (χ0n) is 18.5. The molecule has 0 N–H and O–H groups in total. The normalized spacial score (nSPS) is 10.7. The summed E-state index contributed by atoms with van der Waals surface area (Å²) in [6.07, 6.45) is 0.786. The van der Waals surface area contributed by atoms with Crippen LogP contribution in [-0.4, -0.2) is 33.3 Å². The molecule has 0 fully saturated rings. The lowest BCUT2D eigenvalue weighted by Crippen LogP contribution is -2.33. The molecule has 0 bridgehead atoms. The van der Waals surface area contributed by atoms with Crippen molar-refractivity contribution >= 4 is 29.3 Å². The number of thioether (sulfide) groups is 1. The summed E-state index contributed by atoms with van der Waals surface area (Å²) in [7, 11) is 0. The smallest absolute Gasteiger partial charge is 0.277 e. The first-order valence-electron chi connectivity index (χ1n) is 10.9. The first-order chi connectivity index (χ1) is 16.7. The molecule has 8 heteroatoms. The Morgan fingerprint density at radius 3 is 2.32 bits per heavy atom. The van der Waals surface area contributed by atoms with Crippen LogP contribution < -0.4 is 4.74 Å². The maximum absolute atomic E-state index is 13.1. The molecule has 174 valence electrons. The molecule has 3 aromatic carbocycles. The number of benzene rings is 3. The molecule has 0 spiro atoms. The van der Waals surface area contributed by atoms with E-state index in [2.05, 4.69) is 22.3 Å². The Balaban J connectivity index is 1.33. The molecule has 0 atom stereocenters. The van der Waals surface area contributed by atoms with Crippen molar-refractivity contribution in [2.24, 2.45) is 0 Å². The SMILES string of the molecule is O=C(CSc1nnc(COc2ccccc2Cl)o1)N(CCc1ccccc1)Cc1ccccc1. The second-order valence-electron chi connectivity index (χ2n) is 7.51. The second-order valence-corrected chi connectivity index (χ2v) is 8.84. The van der Waals surface area contributed by atoms with E-state index in [9.17, 15) is 4.79 Å². The van der Waals surface area contributed by atoms with Crippen LogP contribution in [0.15, 0.2) is 94.6 Å². The van der Waals surface area contributed by atoms with Gasteiger partial charge in [0.1, 0.15) is 5.75 Å². The fourth-order valence-electron chi connectivity index (χ4n) is 3.28. The fourth-order valence-corrected chi connectivity index (χ4v) is 4.15. The molecular formula is C26H24ClN3O3S. The van der Waals surface area contributed by atoms with E-state index in [0.29, 0.717) is 35.0 Å². The number of nitrogens with zero attached hydrogens (tertiary/aromatic N) is 3. The standard InChI is InChI=1S/C26H24ClN3O3S/c27-22-13-7-8-14-23(22)32-18-24-28-29-26(33-24)34-19-25(31)30(17-21-11-5-2-6-12-21)16-15-20-9-3-1-4-10-20/h1-14H,15-19H2. The monoisotopic (exact) mass is 493 g/mol. The quantitative estimate of drug-likeness (QED) is 0.251. The van der Waals surface area contributed by atoms with E-state index in [1.54, 1.807) is 12.1 Å². The molecule has 4 aromatic rings. The fraction of sp³-hybridized carbons (Fsp3) is 0.192. The summed E-state index contributed by atoms with van der Waals surface area (Å²) in [6.45, 7) is 1.27. The molecule has 0 aliphatic carbocycles. The predicted octanol–water partition coefficient (Wildman–Crippen LogP) is 5.67. The molecule has 0 saturated carbocycles. The van der Waals surface area contributed by atoms with Crippen molar-refractivity contribution in [3.8, 4) is 5.75 Å². The van der Waals surface area contributed by atoms with Crippen molar-refractivity contribution in [1.29, 1.82) is 0 Å². The van der Waals surface area contributed by atoms with E-state index in [1.807, 2.05) is 65.6 Å². The summed E-state index contributed by atoms with van der Waals surface area (Å²) in [4.78, 5) is 14.9. The Hall–Kier alpha value is -3.29. The van der Waals surface area contributed by atoms with E-state index in [1.165, 1.54) is 17.3 Å². The van der Waals surface area contributed by atoms with Crippen LogP contribution in [0.3, 0.4) is 0 Å². The van der Waals surface area contributed by atoms with Gasteiger partial charge >= 0.3 is 0 Å². The van der Waals surface area contributed by atoms with Crippen LogP contribution >= 0.6 is 23.4 Å². The van der Waals surface area contributed by atoms with Gasteiger partial charge in [0.25, 0.3) is 11.1 Å². The molecule has 0 radical (unpaired) electrons. The van der Waals surface area contributed by atoms with Gasteiger partial charge in [0.05, 0.1) is 10.8 Å². The highest BCUT2D eigenvalue weighted by atomic mass is 35.5. The topological polar surface area (TPSA) is 68.5 Å². The van der Waals surface area contributed by atoms with E-state index in [-0.39, 0.29) is 18.3 Å². The summed E-state index contributed by atoms with van der Waals surface area (Å²) in [5, 5.41) is 8.86. The lowest BCUT2D eigenvalue weighted by Gasteiger charge is -2.22. The third-order valence-electron chi connectivity index (χ3n) is 5.04. The van der Waals surface area contributed by atoms with Crippen LogP contribution in [0.1, 0.15) is 17.0 Å². The van der Waals surface area contributed by atoms with Gasteiger partial charge < -0.3 is 14.1 Å². The number of hydrogen-bond donors (Lipinski definition) is 0. The Labute approximate surface area is 207 Å². The van der Waals surface area contributed by atoms with Gasteiger partial charge in [-0.05, 0) is 29.7 Å². The van der Waals surface area contributed by atoms with E-state index in [0.717, 1.165) is 12.0 Å². The highest BCUT2D eigenvalue weighted by Gasteiger charge is 2.17. The van der Waals surface area contributed by atoms with Gasteiger partial charge in [-0.2, -0.15) is 0 Å². The van der Waals surface area contributed by atoms with E-state index < -0.39 is 0 Å². The minimum absolute atomic E-state index is 0.0110. The summed E-state index contributed by atoms with van der Waals surface area (Å²) in [5.74, 6) is 1.08. The number of rotatable bonds is 11. The largest absolute Gasteiger partial charge is 0.482 e. The minimum Gasteiger partial charge on any atom is -0.482 e. The van der Waals surface area contributed by atoms with Crippen LogP contribution in [0.2, 0.25) is 5.02 Å². The number of halogens is 1. The van der Waals surface area contributed by atoms with Crippen LogP contribution in [0, 0.1) is 0 Å². The van der Waals surface area contributed by atoms with Gasteiger partial charge in [-0.3, -0.25) is 4.79 Å². The Kier molecular flexibility index (Phi) is 8.60. The highest BCUT2D eigenvalue weighted by molar-refractivity contribution is 7.99. The zero-order chi connectivity index (χ0) is 23.6. The molecule has 1 heterocycles. The molecule has 0 unspecified atom stereocenters. The van der Waals surface area contributed by atoms with Crippen molar-refractivity contribution in [2.75, 3.05) is 12.3 Å². The number of amides is 1. The molecule has 1 amide bonds. The second kappa shape index (κ2) is 12.3. The van der Waals surface area contributed by atoms with Crippen molar-refractivity contribution in [1.82, 2.24) is 15.1 Å². The molecule has 0 saturated heterocycles.